The van der Waals surface area contributed by atoms with Gasteiger partial charge in [0.15, 0.2) is 12.4 Å². The molecule has 0 unspecified atom stereocenters. The number of aromatic nitrogens is 2. The fraction of sp³-hybridized carbons (Fsp3) is 0.0500. The molecule has 29 heavy (non-hydrogen) atoms. The number of carbonyl (C=O) groups is 3. The van der Waals surface area contributed by atoms with E-state index in [1.54, 1.807) is 36.4 Å². The lowest BCUT2D eigenvalue weighted by atomic mass is 10.1. The Bertz CT molecular complexity index is 1100. The number of rotatable bonds is 4. The van der Waals surface area contributed by atoms with Gasteiger partial charge in [0.25, 0.3) is 17.7 Å². The lowest BCUT2D eigenvalue weighted by molar-refractivity contribution is -0.118. The number of fused-ring (bicyclic) bond motifs is 1. The summed E-state index contributed by atoms with van der Waals surface area (Å²) in [5.74, 6) is -0.240. The van der Waals surface area contributed by atoms with Gasteiger partial charge in [-0.05, 0) is 30.3 Å². The lowest BCUT2D eigenvalue weighted by Gasteiger charge is -2.18. The largest absolute Gasteiger partial charge is 0.482 e. The number of carbonyl (C=O) groups excluding carboxylic acids is 3. The fourth-order valence-electron chi connectivity index (χ4n) is 2.71. The zero-order chi connectivity index (χ0) is 20.2. The van der Waals surface area contributed by atoms with Gasteiger partial charge in [0.2, 0.25) is 0 Å². The van der Waals surface area contributed by atoms with Gasteiger partial charge in [0.1, 0.15) is 5.75 Å². The van der Waals surface area contributed by atoms with Crippen LogP contribution >= 0.6 is 0 Å². The van der Waals surface area contributed by atoms with Crippen LogP contribution in [0, 0.1) is 0 Å². The van der Waals surface area contributed by atoms with Crippen LogP contribution in [0.4, 0.5) is 17.2 Å². The predicted molar refractivity (Wildman–Crippen MR) is 105 cm³/mol. The van der Waals surface area contributed by atoms with Gasteiger partial charge in [0.05, 0.1) is 11.9 Å². The topological polar surface area (TPSA) is 122 Å². The van der Waals surface area contributed by atoms with E-state index in [1.807, 2.05) is 0 Å². The number of ether oxygens (including phenoxy) is 1. The summed E-state index contributed by atoms with van der Waals surface area (Å²) in [6.45, 7) is -0.0760. The van der Waals surface area contributed by atoms with E-state index >= 15 is 0 Å². The molecule has 2 aromatic carbocycles. The number of benzene rings is 2. The summed E-state index contributed by atoms with van der Waals surface area (Å²) in [7, 11) is 0. The third-order valence-corrected chi connectivity index (χ3v) is 4.06. The number of amides is 3. The van der Waals surface area contributed by atoms with Crippen LogP contribution in [0.1, 0.15) is 20.7 Å². The Morgan fingerprint density at radius 2 is 1.79 bits per heavy atom. The number of hydrogen-bond donors (Lipinski definition) is 3. The van der Waals surface area contributed by atoms with Gasteiger partial charge in [-0.2, -0.15) is 0 Å². The van der Waals surface area contributed by atoms with Crippen molar-refractivity contribution in [2.45, 2.75) is 0 Å². The van der Waals surface area contributed by atoms with Crippen molar-refractivity contribution in [3.63, 3.8) is 0 Å². The number of nitrogens with one attached hydrogen (secondary N) is 3. The van der Waals surface area contributed by atoms with Gasteiger partial charge >= 0.3 is 0 Å². The second-order valence-electron chi connectivity index (χ2n) is 6.13. The van der Waals surface area contributed by atoms with Crippen molar-refractivity contribution < 1.29 is 19.1 Å². The van der Waals surface area contributed by atoms with Crippen LogP contribution < -0.4 is 20.7 Å². The molecule has 3 aromatic rings. The molecule has 144 valence electrons. The maximum atomic E-state index is 12.6. The Morgan fingerprint density at radius 1 is 1.00 bits per heavy atom. The lowest BCUT2D eigenvalue weighted by Crippen LogP contribution is -2.25. The number of hydrogen-bond acceptors (Lipinski definition) is 6. The van der Waals surface area contributed by atoms with Crippen molar-refractivity contribution in [2.24, 2.45) is 0 Å². The van der Waals surface area contributed by atoms with E-state index in [2.05, 4.69) is 25.9 Å². The Hall–Kier alpha value is -4.27. The Kier molecular flexibility index (Phi) is 4.85. The molecule has 2 heterocycles. The average Bonchev–Trinajstić information content (AvgIpc) is 2.74. The number of nitrogens with zero attached hydrogens (tertiary/aromatic N) is 2. The van der Waals surface area contributed by atoms with Gasteiger partial charge < -0.3 is 20.7 Å². The molecule has 0 saturated carbocycles. The van der Waals surface area contributed by atoms with Crippen LogP contribution in [0.3, 0.4) is 0 Å². The standard InChI is InChI=1S/C20H15N5O4/c26-18-11-29-16-9-14(4-5-15(16)24-18)23-19(27)12-2-1-3-13(8-12)20(28)25-17-10-21-6-7-22-17/h1-10H,11H2,(H,23,27)(H,24,26)(H,22,25,28). The summed E-state index contributed by atoms with van der Waals surface area (Å²) in [5, 5.41) is 8.05. The average molecular weight is 389 g/mol. The third-order valence-electron chi connectivity index (χ3n) is 4.06. The summed E-state index contributed by atoms with van der Waals surface area (Å²) in [5.41, 5.74) is 1.66. The van der Waals surface area contributed by atoms with Gasteiger partial charge in [-0.25, -0.2) is 4.98 Å². The fourth-order valence-corrected chi connectivity index (χ4v) is 2.71. The van der Waals surface area contributed by atoms with E-state index in [-0.39, 0.29) is 18.4 Å². The molecule has 0 atom stereocenters. The molecule has 3 amide bonds. The minimum Gasteiger partial charge on any atom is -0.482 e. The van der Waals surface area contributed by atoms with Crippen molar-refractivity contribution in [3.8, 4) is 5.75 Å². The highest BCUT2D eigenvalue weighted by Gasteiger charge is 2.17. The van der Waals surface area contributed by atoms with Gasteiger partial charge in [-0.3, -0.25) is 19.4 Å². The molecule has 3 N–H and O–H groups in total. The summed E-state index contributed by atoms with van der Waals surface area (Å²) >= 11 is 0. The molecule has 1 aliphatic rings. The predicted octanol–water partition coefficient (Wildman–Crippen LogP) is 2.31. The molecular weight excluding hydrogens is 374 g/mol. The van der Waals surface area contributed by atoms with Crippen LogP contribution in [0.2, 0.25) is 0 Å². The van der Waals surface area contributed by atoms with E-state index in [4.69, 9.17) is 4.74 Å². The van der Waals surface area contributed by atoms with Crippen molar-refractivity contribution >= 4 is 34.9 Å². The highest BCUT2D eigenvalue weighted by Crippen LogP contribution is 2.30. The molecule has 0 spiro atoms. The second kappa shape index (κ2) is 7.77. The summed E-state index contributed by atoms with van der Waals surface area (Å²) in [4.78, 5) is 44.2. The zero-order valence-electron chi connectivity index (χ0n) is 15.0. The minimum absolute atomic E-state index is 0.0760. The first-order valence-electron chi connectivity index (χ1n) is 8.64. The Morgan fingerprint density at radius 3 is 2.55 bits per heavy atom. The van der Waals surface area contributed by atoms with Crippen LogP contribution in [0.15, 0.2) is 61.1 Å². The maximum Gasteiger partial charge on any atom is 0.262 e. The molecule has 9 nitrogen and oxygen atoms in total. The summed E-state index contributed by atoms with van der Waals surface area (Å²) in [6.07, 6.45) is 4.39. The van der Waals surface area contributed by atoms with Crippen LogP contribution in [0.5, 0.6) is 5.75 Å². The van der Waals surface area contributed by atoms with Gasteiger partial charge in [-0.15, -0.1) is 0 Å². The zero-order valence-corrected chi connectivity index (χ0v) is 15.0. The van der Waals surface area contributed by atoms with E-state index in [0.29, 0.717) is 34.1 Å². The molecule has 0 saturated heterocycles. The van der Waals surface area contributed by atoms with E-state index < -0.39 is 5.91 Å². The summed E-state index contributed by atoms with van der Waals surface area (Å²) < 4.78 is 5.34. The molecule has 0 bridgehead atoms. The first-order chi connectivity index (χ1) is 14.1. The Balaban J connectivity index is 1.47. The monoisotopic (exact) mass is 389 g/mol. The molecule has 1 aromatic heterocycles. The Labute approximate surface area is 165 Å². The molecule has 0 fully saturated rings. The summed E-state index contributed by atoms with van der Waals surface area (Å²) in [6, 6.07) is 11.2. The minimum atomic E-state index is -0.405. The van der Waals surface area contributed by atoms with E-state index in [1.165, 1.54) is 24.7 Å². The first kappa shape index (κ1) is 18.1. The normalized spacial score (nSPS) is 12.2. The quantitative estimate of drug-likeness (QED) is 0.629. The van der Waals surface area contributed by atoms with Crippen LogP contribution in [-0.4, -0.2) is 34.3 Å². The van der Waals surface area contributed by atoms with Crippen molar-refractivity contribution in [1.82, 2.24) is 9.97 Å². The van der Waals surface area contributed by atoms with E-state index in [0.717, 1.165) is 0 Å². The molecule has 0 radical (unpaired) electrons. The number of anilines is 3. The van der Waals surface area contributed by atoms with E-state index in [9.17, 15) is 14.4 Å². The van der Waals surface area contributed by atoms with Crippen molar-refractivity contribution in [3.05, 3.63) is 72.2 Å². The SMILES string of the molecule is O=C1COc2cc(NC(=O)c3cccc(C(=O)Nc4cnccn4)c3)ccc2N1. The molecule has 0 aliphatic carbocycles. The van der Waals surface area contributed by atoms with Crippen molar-refractivity contribution in [1.29, 1.82) is 0 Å². The molecule has 4 rings (SSSR count). The smallest absolute Gasteiger partial charge is 0.262 e. The van der Waals surface area contributed by atoms with Crippen LogP contribution in [0.25, 0.3) is 0 Å². The molecular formula is C20H15N5O4. The maximum absolute atomic E-state index is 12.6. The van der Waals surface area contributed by atoms with Crippen LogP contribution in [-0.2, 0) is 4.79 Å². The molecule has 1 aliphatic heterocycles. The van der Waals surface area contributed by atoms with Gasteiger partial charge in [0, 0.05) is 35.3 Å². The van der Waals surface area contributed by atoms with Crippen molar-refractivity contribution in [2.75, 3.05) is 22.6 Å². The van der Waals surface area contributed by atoms with Gasteiger partial charge in [-0.1, -0.05) is 6.07 Å². The highest BCUT2D eigenvalue weighted by molar-refractivity contribution is 6.08. The second-order valence-corrected chi connectivity index (χ2v) is 6.13. The molecule has 9 heteroatoms. The highest BCUT2D eigenvalue weighted by atomic mass is 16.5. The third kappa shape index (κ3) is 4.19. The first-order valence-corrected chi connectivity index (χ1v) is 8.64.